The Morgan fingerprint density at radius 2 is 1.94 bits per heavy atom. The van der Waals surface area contributed by atoms with E-state index in [2.05, 4.69) is 15.9 Å². The van der Waals surface area contributed by atoms with Gasteiger partial charge in [-0.05, 0) is 36.1 Å². The summed E-state index contributed by atoms with van der Waals surface area (Å²) in [5.74, 6) is 0. The molecule has 1 aliphatic rings. The van der Waals surface area contributed by atoms with Crippen LogP contribution in [0.1, 0.15) is 17.5 Å². The molecule has 0 heterocycles. The van der Waals surface area contributed by atoms with E-state index in [4.69, 9.17) is 0 Å². The Labute approximate surface area is 99.4 Å². The van der Waals surface area contributed by atoms with Gasteiger partial charge in [-0.25, -0.2) is 0 Å². The highest BCUT2D eigenvalue weighted by atomic mass is 79.9. The number of hydrogen-bond acceptors (Lipinski definition) is 1. The zero-order chi connectivity index (χ0) is 12.0. The average Bonchev–Trinajstić information content (AvgIpc) is 2.17. The minimum absolute atomic E-state index is 0.255. The van der Waals surface area contributed by atoms with Gasteiger partial charge in [-0.1, -0.05) is 22.0 Å². The van der Waals surface area contributed by atoms with E-state index < -0.39 is 11.8 Å². The van der Waals surface area contributed by atoms with E-state index in [0.29, 0.717) is 5.56 Å². The van der Waals surface area contributed by atoms with Gasteiger partial charge in [0.1, 0.15) is 0 Å². The molecule has 0 fully saturated rings. The van der Waals surface area contributed by atoms with Crippen molar-refractivity contribution >= 4 is 15.9 Å². The number of alkyl halides is 3. The molecule has 1 atom stereocenters. The molecule has 88 valence electrons. The van der Waals surface area contributed by atoms with Crippen LogP contribution >= 0.6 is 15.9 Å². The lowest BCUT2D eigenvalue weighted by Gasteiger charge is -2.35. The first-order valence-corrected chi connectivity index (χ1v) is 5.67. The van der Waals surface area contributed by atoms with Gasteiger partial charge < -0.3 is 5.11 Å². The molecule has 0 aliphatic heterocycles. The highest BCUT2D eigenvalue weighted by Crippen LogP contribution is 2.40. The van der Waals surface area contributed by atoms with Crippen molar-refractivity contribution < 1.29 is 18.3 Å². The summed E-state index contributed by atoms with van der Waals surface area (Å²) in [4.78, 5) is 0. The van der Waals surface area contributed by atoms with Crippen LogP contribution < -0.4 is 0 Å². The molecule has 1 aromatic rings. The van der Waals surface area contributed by atoms with Crippen LogP contribution in [0.3, 0.4) is 0 Å². The molecule has 0 amide bonds. The van der Waals surface area contributed by atoms with Crippen molar-refractivity contribution in [2.24, 2.45) is 0 Å². The first-order valence-electron chi connectivity index (χ1n) is 4.88. The Bertz CT molecular complexity index is 416. The van der Waals surface area contributed by atoms with Crippen LogP contribution in [0.4, 0.5) is 13.2 Å². The summed E-state index contributed by atoms with van der Waals surface area (Å²) >= 11 is 3.27. The quantitative estimate of drug-likeness (QED) is 0.779. The molecule has 1 aromatic carbocycles. The second-order valence-corrected chi connectivity index (χ2v) is 5.03. The second-order valence-electron chi connectivity index (χ2n) is 4.12. The third-order valence-corrected chi connectivity index (χ3v) is 3.48. The molecule has 1 N–H and O–H groups in total. The van der Waals surface area contributed by atoms with E-state index in [9.17, 15) is 18.3 Å². The van der Waals surface area contributed by atoms with Crippen LogP contribution in [0.25, 0.3) is 0 Å². The summed E-state index contributed by atoms with van der Waals surface area (Å²) in [5.41, 5.74) is -1.11. The summed E-state index contributed by atoms with van der Waals surface area (Å²) < 4.78 is 38.8. The molecule has 1 aliphatic carbocycles. The maximum atomic E-state index is 12.6. The molecular formula is C11H10BrF3O. The minimum Gasteiger partial charge on any atom is -0.380 e. The highest BCUT2D eigenvalue weighted by molar-refractivity contribution is 9.10. The number of aliphatic hydroxyl groups is 1. The number of hydrogen-bond donors (Lipinski definition) is 1. The van der Waals surface area contributed by atoms with Gasteiger partial charge in [0.05, 0.1) is 0 Å². The lowest BCUT2D eigenvalue weighted by atomic mass is 9.80. The van der Waals surface area contributed by atoms with E-state index in [-0.39, 0.29) is 19.3 Å². The van der Waals surface area contributed by atoms with Crippen LogP contribution in [0.15, 0.2) is 22.7 Å². The number of aryl methyl sites for hydroxylation is 1. The Morgan fingerprint density at radius 1 is 1.25 bits per heavy atom. The normalized spacial score (nSPS) is 25.3. The fourth-order valence-corrected chi connectivity index (χ4v) is 2.40. The van der Waals surface area contributed by atoms with E-state index >= 15 is 0 Å². The third-order valence-electron chi connectivity index (χ3n) is 2.99. The predicted molar refractivity (Wildman–Crippen MR) is 57.2 cm³/mol. The lowest BCUT2D eigenvalue weighted by molar-refractivity contribution is -0.263. The number of rotatable bonds is 0. The molecule has 0 aromatic heterocycles. The van der Waals surface area contributed by atoms with E-state index in [0.717, 1.165) is 10.0 Å². The maximum Gasteiger partial charge on any atom is 0.417 e. The van der Waals surface area contributed by atoms with E-state index in [1.807, 2.05) is 6.07 Å². The van der Waals surface area contributed by atoms with Gasteiger partial charge in [0.15, 0.2) is 5.60 Å². The summed E-state index contributed by atoms with van der Waals surface area (Å²) in [5, 5.41) is 9.59. The predicted octanol–water partition coefficient (Wildman–Crippen LogP) is 3.23. The zero-order valence-electron chi connectivity index (χ0n) is 8.31. The first kappa shape index (κ1) is 11.9. The number of halogens is 4. The molecule has 1 nitrogen and oxygen atoms in total. The minimum atomic E-state index is -4.56. The smallest absolute Gasteiger partial charge is 0.380 e. The average molecular weight is 295 g/mol. The molecule has 2 rings (SSSR count). The van der Waals surface area contributed by atoms with Crippen molar-refractivity contribution in [2.45, 2.75) is 31.0 Å². The summed E-state index contributed by atoms with van der Waals surface area (Å²) in [6.45, 7) is 0. The largest absolute Gasteiger partial charge is 0.417 e. The van der Waals surface area contributed by atoms with E-state index in [1.165, 1.54) is 0 Å². The maximum absolute atomic E-state index is 12.6. The van der Waals surface area contributed by atoms with Crippen molar-refractivity contribution in [3.8, 4) is 0 Å². The monoisotopic (exact) mass is 294 g/mol. The van der Waals surface area contributed by atoms with E-state index in [1.54, 1.807) is 12.1 Å². The molecule has 0 spiro atoms. The first-order chi connectivity index (χ1) is 7.32. The van der Waals surface area contributed by atoms with Crippen molar-refractivity contribution in [2.75, 3.05) is 0 Å². The van der Waals surface area contributed by atoms with Crippen molar-refractivity contribution in [3.63, 3.8) is 0 Å². The number of benzene rings is 1. The Kier molecular flexibility index (Phi) is 2.78. The van der Waals surface area contributed by atoms with Gasteiger partial charge in [0.2, 0.25) is 0 Å². The zero-order valence-corrected chi connectivity index (χ0v) is 9.90. The Morgan fingerprint density at radius 3 is 2.56 bits per heavy atom. The molecule has 5 heteroatoms. The van der Waals surface area contributed by atoms with Crippen LogP contribution in [0, 0.1) is 0 Å². The summed E-state index contributed by atoms with van der Waals surface area (Å²) in [7, 11) is 0. The molecule has 0 bridgehead atoms. The van der Waals surface area contributed by atoms with Crippen molar-refractivity contribution in [3.05, 3.63) is 33.8 Å². The van der Waals surface area contributed by atoms with Crippen molar-refractivity contribution in [1.82, 2.24) is 0 Å². The SMILES string of the molecule is OC1(C(F)(F)F)CCc2cc(Br)ccc2C1. The highest BCUT2D eigenvalue weighted by Gasteiger charge is 2.54. The lowest BCUT2D eigenvalue weighted by Crippen LogP contribution is -2.49. The molecule has 0 radical (unpaired) electrons. The van der Waals surface area contributed by atoms with Gasteiger partial charge >= 0.3 is 6.18 Å². The van der Waals surface area contributed by atoms with Crippen molar-refractivity contribution in [1.29, 1.82) is 0 Å². The fraction of sp³-hybridized carbons (Fsp3) is 0.455. The van der Waals surface area contributed by atoms with Gasteiger partial charge in [-0.3, -0.25) is 0 Å². The Hall–Kier alpha value is -0.550. The van der Waals surface area contributed by atoms with Crippen LogP contribution in [0.5, 0.6) is 0 Å². The van der Waals surface area contributed by atoms with Gasteiger partial charge in [-0.2, -0.15) is 13.2 Å². The molecule has 16 heavy (non-hydrogen) atoms. The molecule has 0 saturated heterocycles. The standard InChI is InChI=1S/C11H10BrF3O/c12-9-2-1-8-6-10(16,11(13,14)15)4-3-7(8)5-9/h1-2,5,16H,3-4,6H2. The molecule has 1 unspecified atom stereocenters. The van der Waals surface area contributed by atoms with Crippen LogP contribution in [-0.4, -0.2) is 16.9 Å². The molecular weight excluding hydrogens is 285 g/mol. The summed E-state index contributed by atoms with van der Waals surface area (Å²) in [6.07, 6.45) is -4.92. The second kappa shape index (κ2) is 3.74. The fourth-order valence-electron chi connectivity index (χ4n) is 1.99. The van der Waals surface area contributed by atoms with Gasteiger partial charge in [-0.15, -0.1) is 0 Å². The molecule has 0 saturated carbocycles. The number of fused-ring (bicyclic) bond motifs is 1. The van der Waals surface area contributed by atoms with Gasteiger partial charge in [0.25, 0.3) is 0 Å². The van der Waals surface area contributed by atoms with Crippen LogP contribution in [-0.2, 0) is 12.8 Å². The van der Waals surface area contributed by atoms with Gasteiger partial charge in [0, 0.05) is 10.9 Å². The Balaban J connectivity index is 2.34. The summed E-state index contributed by atoms with van der Waals surface area (Å²) in [6, 6.07) is 5.14. The van der Waals surface area contributed by atoms with Crippen LogP contribution in [0.2, 0.25) is 0 Å². The third kappa shape index (κ3) is 1.98. The topological polar surface area (TPSA) is 20.2 Å².